The normalized spacial score (nSPS) is 11.0. The monoisotopic (exact) mass is 900 g/mol. The molecule has 0 aliphatic heterocycles. The predicted molar refractivity (Wildman–Crippen MR) is 219 cm³/mol. The first-order valence-electron chi connectivity index (χ1n) is 14.6. The third kappa shape index (κ3) is 9.52. The van der Waals surface area contributed by atoms with Gasteiger partial charge in [-0.1, -0.05) is 66.0 Å². The van der Waals surface area contributed by atoms with Crippen LogP contribution in [0.15, 0.2) is 103 Å². The molecular formula is C33H21Cl8N10O2P. The van der Waals surface area contributed by atoms with E-state index in [4.69, 9.17) is 58.0 Å². The van der Waals surface area contributed by atoms with Crippen molar-refractivity contribution in [3.63, 3.8) is 0 Å². The van der Waals surface area contributed by atoms with Crippen LogP contribution in [0.3, 0.4) is 0 Å². The SMILES string of the molecule is C.Clc1ccc(-c2c(-c3ccncc3)nc(Cl)n3cnnc23)cc1Cl.O=P(Cl)(Cl)Cl.O=c1[nH]c(-c2ccncc2)c(-c2ccc(Cl)c(Cl)c2)c2nncn12. The average Bonchev–Trinajstić information content (AvgIpc) is 3.83. The van der Waals surface area contributed by atoms with Crippen LogP contribution in [0.2, 0.25) is 25.4 Å². The molecule has 54 heavy (non-hydrogen) atoms. The molecule has 0 saturated carbocycles. The topological polar surface area (TPSA) is 149 Å². The Bertz CT molecular complexity index is 2680. The van der Waals surface area contributed by atoms with Gasteiger partial charge in [-0.15, -0.1) is 20.4 Å². The molecule has 0 fully saturated rings. The number of fused-ring (bicyclic) bond motifs is 2. The number of aromatic amines is 1. The highest BCUT2D eigenvalue weighted by Gasteiger charge is 2.20. The minimum atomic E-state index is -3.22. The van der Waals surface area contributed by atoms with Crippen LogP contribution in [0, 0.1) is 0 Å². The fourth-order valence-electron chi connectivity index (χ4n) is 5.04. The Balaban J connectivity index is 0.000000182. The van der Waals surface area contributed by atoms with E-state index in [1.54, 1.807) is 65.6 Å². The van der Waals surface area contributed by atoms with Crippen LogP contribution in [0.4, 0.5) is 0 Å². The summed E-state index contributed by atoms with van der Waals surface area (Å²) in [5.41, 5.74) is 6.69. The van der Waals surface area contributed by atoms with Crippen LogP contribution < -0.4 is 5.69 Å². The molecule has 0 aliphatic rings. The van der Waals surface area contributed by atoms with Crippen molar-refractivity contribution in [2.75, 3.05) is 0 Å². The molecule has 0 atom stereocenters. The standard InChI is InChI=1S/C16H8Cl3N5.C16H9Cl2N5O.CH4.Cl3OP/c17-11-2-1-10(7-12(11)18)13-14(9-3-5-20-6-4-9)22-16(19)24-8-21-23-15(13)24;17-11-2-1-10(7-12(11)18)13-14(9-3-5-19-6-4-9)21-16(24)23-8-20-22-15(13)23;;1-5(2,3)4/h1-8H;1-8H,(H,21,24);1H4;. The van der Waals surface area contributed by atoms with Crippen LogP contribution in [-0.2, 0) is 4.57 Å². The molecule has 0 bridgehead atoms. The Morgan fingerprint density at radius 3 is 1.57 bits per heavy atom. The van der Waals surface area contributed by atoms with E-state index in [9.17, 15) is 9.36 Å². The zero-order chi connectivity index (χ0) is 37.9. The Labute approximate surface area is 345 Å². The number of nitrogens with zero attached hydrogens (tertiary/aromatic N) is 9. The fraction of sp³-hybridized carbons (Fsp3) is 0.0303. The van der Waals surface area contributed by atoms with E-state index in [0.717, 1.165) is 27.8 Å². The predicted octanol–water partition coefficient (Wildman–Crippen LogP) is 11.7. The molecule has 0 saturated heterocycles. The van der Waals surface area contributed by atoms with Crippen molar-refractivity contribution in [3.8, 4) is 44.8 Å². The van der Waals surface area contributed by atoms with Crippen molar-refractivity contribution >= 4 is 108 Å². The number of hydrogen-bond acceptors (Lipinski definition) is 9. The number of pyridine rings is 2. The van der Waals surface area contributed by atoms with Gasteiger partial charge in [0.05, 0.1) is 42.6 Å². The first kappa shape index (κ1) is 41.4. The van der Waals surface area contributed by atoms with E-state index in [0.29, 0.717) is 48.3 Å². The van der Waals surface area contributed by atoms with Crippen molar-refractivity contribution in [1.29, 1.82) is 0 Å². The van der Waals surface area contributed by atoms with Crippen LogP contribution in [-0.4, -0.2) is 49.1 Å². The van der Waals surface area contributed by atoms with Crippen molar-refractivity contribution in [3.05, 3.63) is 134 Å². The molecule has 0 radical (unpaired) electrons. The number of halogens is 8. The first-order chi connectivity index (χ1) is 25.3. The van der Waals surface area contributed by atoms with Crippen LogP contribution in [0.25, 0.3) is 56.1 Å². The van der Waals surface area contributed by atoms with E-state index in [-0.39, 0.29) is 18.4 Å². The van der Waals surface area contributed by atoms with Gasteiger partial charge in [0.1, 0.15) is 12.7 Å². The van der Waals surface area contributed by atoms with E-state index >= 15 is 0 Å². The van der Waals surface area contributed by atoms with Gasteiger partial charge in [0.2, 0.25) is 5.28 Å². The van der Waals surface area contributed by atoms with Gasteiger partial charge < -0.3 is 4.98 Å². The number of rotatable bonds is 4. The van der Waals surface area contributed by atoms with Crippen molar-refractivity contribution in [2.45, 2.75) is 7.43 Å². The number of benzene rings is 2. The molecule has 8 rings (SSSR count). The van der Waals surface area contributed by atoms with Crippen molar-refractivity contribution < 1.29 is 4.57 Å². The quantitative estimate of drug-likeness (QED) is 0.134. The van der Waals surface area contributed by atoms with Gasteiger partial charge in [-0.25, -0.2) is 14.2 Å². The van der Waals surface area contributed by atoms with Crippen LogP contribution in [0.5, 0.6) is 0 Å². The maximum atomic E-state index is 12.3. The highest BCUT2D eigenvalue weighted by Crippen LogP contribution is 2.61. The summed E-state index contributed by atoms with van der Waals surface area (Å²) in [6.07, 6.45) is 9.57. The molecule has 0 spiro atoms. The summed E-state index contributed by atoms with van der Waals surface area (Å²) in [6, 6.07) is 17.9. The second-order valence-electron chi connectivity index (χ2n) is 10.5. The molecule has 0 amide bonds. The largest absolute Gasteiger partial charge is 0.339 e. The van der Waals surface area contributed by atoms with Gasteiger partial charge >= 0.3 is 10.9 Å². The lowest BCUT2D eigenvalue weighted by molar-refractivity contribution is 0.600. The maximum absolute atomic E-state index is 12.3. The van der Waals surface area contributed by atoms with Crippen molar-refractivity contribution in [1.82, 2.24) is 49.1 Å². The number of nitrogens with one attached hydrogen (secondary N) is 1. The van der Waals surface area contributed by atoms with Gasteiger partial charge in [0, 0.05) is 35.9 Å². The molecule has 2 aromatic carbocycles. The second kappa shape index (κ2) is 17.8. The number of H-pyrrole nitrogens is 1. The Morgan fingerprint density at radius 1 is 0.593 bits per heavy atom. The van der Waals surface area contributed by atoms with Gasteiger partial charge in [0.25, 0.3) is 0 Å². The lowest BCUT2D eigenvalue weighted by Crippen LogP contribution is -2.17. The Morgan fingerprint density at radius 2 is 1.06 bits per heavy atom. The smallest absolute Gasteiger partial charge is 0.306 e. The molecule has 12 nitrogen and oxygen atoms in total. The third-order valence-electron chi connectivity index (χ3n) is 7.22. The average molecular weight is 904 g/mol. The minimum absolute atomic E-state index is 0. The number of aromatic nitrogens is 10. The highest BCUT2D eigenvalue weighted by molar-refractivity contribution is 8.24. The summed E-state index contributed by atoms with van der Waals surface area (Å²) in [5, 5.41) is 14.9. The Kier molecular flexibility index (Phi) is 13.6. The van der Waals surface area contributed by atoms with Crippen LogP contribution in [0.1, 0.15) is 7.43 Å². The summed E-state index contributed by atoms with van der Waals surface area (Å²) in [6.45, 7) is 0. The molecule has 0 aliphatic carbocycles. The molecule has 6 aromatic heterocycles. The molecule has 21 heteroatoms. The number of hydrogen-bond donors (Lipinski definition) is 1. The van der Waals surface area contributed by atoms with Gasteiger partial charge in [-0.2, -0.15) is 0 Å². The molecule has 0 unspecified atom stereocenters. The Hall–Kier alpha value is -3.81. The van der Waals surface area contributed by atoms with Gasteiger partial charge in [0.15, 0.2) is 11.3 Å². The molecule has 8 aromatic rings. The summed E-state index contributed by atoms with van der Waals surface area (Å²) >= 11 is 44.5. The summed E-state index contributed by atoms with van der Waals surface area (Å²) in [5.74, 6) is 0. The van der Waals surface area contributed by atoms with E-state index in [1.165, 1.54) is 17.1 Å². The minimum Gasteiger partial charge on any atom is -0.306 e. The lowest BCUT2D eigenvalue weighted by Gasteiger charge is -2.12. The summed E-state index contributed by atoms with van der Waals surface area (Å²) in [7, 11) is 0. The van der Waals surface area contributed by atoms with Gasteiger partial charge in [-0.05, 0) is 105 Å². The van der Waals surface area contributed by atoms with E-state index in [1.807, 2.05) is 24.3 Å². The first-order valence-corrected chi connectivity index (χ1v) is 20.9. The highest BCUT2D eigenvalue weighted by atomic mass is 36.0. The fourth-order valence-corrected chi connectivity index (χ4v) is 5.84. The molecule has 6 heterocycles. The van der Waals surface area contributed by atoms with E-state index in [2.05, 4.69) is 74.1 Å². The van der Waals surface area contributed by atoms with E-state index < -0.39 is 5.20 Å². The molecule has 1 N–H and O–H groups in total. The lowest BCUT2D eigenvalue weighted by atomic mass is 10.0. The summed E-state index contributed by atoms with van der Waals surface area (Å²) < 4.78 is 12.5. The van der Waals surface area contributed by atoms with Crippen LogP contribution >= 0.6 is 96.9 Å². The third-order valence-corrected chi connectivity index (χ3v) is 8.97. The van der Waals surface area contributed by atoms with Crippen molar-refractivity contribution in [2.24, 2.45) is 0 Å². The van der Waals surface area contributed by atoms with Gasteiger partial charge in [-0.3, -0.25) is 18.9 Å². The molecule has 276 valence electrons. The molecular weight excluding hydrogens is 883 g/mol. The zero-order valence-electron chi connectivity index (χ0n) is 26.0. The summed E-state index contributed by atoms with van der Waals surface area (Å²) in [4.78, 5) is 27.7. The zero-order valence-corrected chi connectivity index (χ0v) is 33.0. The maximum Gasteiger partial charge on any atom is 0.339 e. The second-order valence-corrected chi connectivity index (χ2v) is 19.1.